The number of hydrogen-bond acceptors (Lipinski definition) is 6. The van der Waals surface area contributed by atoms with Crippen molar-refractivity contribution in [3.63, 3.8) is 0 Å². The molecular weight excluding hydrogens is 400 g/mol. The van der Waals surface area contributed by atoms with Gasteiger partial charge in [0, 0.05) is 28.1 Å². The van der Waals surface area contributed by atoms with Crippen molar-refractivity contribution in [2.75, 3.05) is 5.32 Å². The summed E-state index contributed by atoms with van der Waals surface area (Å²) in [5.74, 6) is -0.967. The highest BCUT2D eigenvalue weighted by Gasteiger charge is 2.39. The van der Waals surface area contributed by atoms with E-state index in [1.165, 1.54) is 18.2 Å². The summed E-state index contributed by atoms with van der Waals surface area (Å²) in [4.78, 5) is 38.6. The number of benzene rings is 3. The van der Waals surface area contributed by atoms with Crippen LogP contribution in [0.2, 0.25) is 0 Å². The first-order chi connectivity index (χ1) is 14.3. The van der Waals surface area contributed by atoms with Crippen molar-refractivity contribution >= 4 is 35.6 Å². The van der Waals surface area contributed by atoms with Gasteiger partial charge in [-0.3, -0.25) is 19.7 Å². The van der Waals surface area contributed by atoms with Gasteiger partial charge in [-0.25, -0.2) is 0 Å². The van der Waals surface area contributed by atoms with Crippen molar-refractivity contribution in [1.29, 1.82) is 0 Å². The lowest BCUT2D eigenvalue weighted by molar-refractivity contribution is -0.385. The van der Waals surface area contributed by atoms with Gasteiger partial charge in [0.1, 0.15) is 5.56 Å². The molecule has 0 heterocycles. The summed E-state index contributed by atoms with van der Waals surface area (Å²) in [6, 6.07) is 15.1. The Morgan fingerprint density at radius 1 is 0.900 bits per heavy atom. The molecule has 3 aromatic rings. The monoisotopic (exact) mass is 418 g/mol. The lowest BCUT2D eigenvalue weighted by Crippen LogP contribution is -2.26. The molecule has 0 radical (unpaired) electrons. The van der Waals surface area contributed by atoms with Gasteiger partial charge in [0.2, 0.25) is 5.78 Å². The third-order valence-electron chi connectivity index (χ3n) is 4.99. The second kappa shape index (κ2) is 7.42. The summed E-state index contributed by atoms with van der Waals surface area (Å²) in [6.07, 6.45) is 0. The standard InChI is InChI=1S/C23H18N2O4S/c1-12(2)24-21-17(30)11-15(13-7-4-3-5-8-13)19-20(21)23(27)18-14(22(19)26)9-6-10-16(18)25(28)29/h3-12,24,30H,1-2H3. The molecule has 1 aliphatic carbocycles. The maximum Gasteiger partial charge on any atom is 0.281 e. The zero-order valence-corrected chi connectivity index (χ0v) is 17.2. The van der Waals surface area contributed by atoms with Crippen molar-refractivity contribution in [3.05, 3.63) is 87.0 Å². The Morgan fingerprint density at radius 3 is 2.23 bits per heavy atom. The van der Waals surface area contributed by atoms with E-state index in [2.05, 4.69) is 17.9 Å². The molecule has 0 atom stereocenters. The number of nitrogens with zero attached hydrogens (tertiary/aromatic N) is 1. The van der Waals surface area contributed by atoms with Gasteiger partial charge < -0.3 is 5.32 Å². The largest absolute Gasteiger partial charge is 0.381 e. The van der Waals surface area contributed by atoms with Gasteiger partial charge in [0.25, 0.3) is 5.69 Å². The Bertz CT molecular complexity index is 1220. The molecule has 0 aliphatic heterocycles. The van der Waals surface area contributed by atoms with Gasteiger partial charge in [-0.1, -0.05) is 36.4 Å². The minimum atomic E-state index is -0.632. The fraction of sp³-hybridized carbons (Fsp3) is 0.130. The molecular formula is C23H18N2O4S. The summed E-state index contributed by atoms with van der Waals surface area (Å²) in [7, 11) is 0. The summed E-state index contributed by atoms with van der Waals surface area (Å²) < 4.78 is 0. The van der Waals surface area contributed by atoms with E-state index in [0.29, 0.717) is 16.1 Å². The molecule has 0 saturated carbocycles. The second-order valence-corrected chi connectivity index (χ2v) is 7.83. The second-order valence-electron chi connectivity index (χ2n) is 7.35. The van der Waals surface area contributed by atoms with E-state index in [1.54, 1.807) is 6.07 Å². The van der Waals surface area contributed by atoms with E-state index in [4.69, 9.17) is 0 Å². The number of carbonyl (C=O) groups excluding carboxylic acids is 2. The minimum absolute atomic E-state index is 0.0429. The summed E-state index contributed by atoms with van der Waals surface area (Å²) >= 11 is 4.57. The van der Waals surface area contributed by atoms with Crippen LogP contribution in [0.1, 0.15) is 45.7 Å². The molecule has 0 aromatic heterocycles. The molecule has 150 valence electrons. The summed E-state index contributed by atoms with van der Waals surface area (Å²) in [5, 5.41) is 14.8. The first-order valence-corrected chi connectivity index (χ1v) is 9.84. The van der Waals surface area contributed by atoms with Crippen LogP contribution in [0.5, 0.6) is 0 Å². The number of rotatable bonds is 4. The molecule has 1 aliphatic rings. The molecule has 0 amide bonds. The predicted molar refractivity (Wildman–Crippen MR) is 118 cm³/mol. The zero-order valence-electron chi connectivity index (χ0n) is 16.3. The average molecular weight is 418 g/mol. The van der Waals surface area contributed by atoms with E-state index < -0.39 is 16.5 Å². The minimum Gasteiger partial charge on any atom is -0.381 e. The van der Waals surface area contributed by atoms with Crippen LogP contribution in [0, 0.1) is 10.1 Å². The normalized spacial score (nSPS) is 12.5. The number of nitro benzene ring substituents is 1. The topological polar surface area (TPSA) is 89.3 Å². The van der Waals surface area contributed by atoms with E-state index in [0.717, 1.165) is 5.56 Å². The molecule has 1 N–H and O–H groups in total. The number of carbonyl (C=O) groups is 2. The third kappa shape index (κ3) is 3.07. The molecule has 6 nitrogen and oxygen atoms in total. The highest BCUT2D eigenvalue weighted by molar-refractivity contribution is 7.80. The molecule has 30 heavy (non-hydrogen) atoms. The van der Waals surface area contributed by atoms with Crippen LogP contribution >= 0.6 is 12.6 Å². The molecule has 0 unspecified atom stereocenters. The molecule has 0 bridgehead atoms. The van der Waals surface area contributed by atoms with Crippen LogP contribution in [0.25, 0.3) is 11.1 Å². The van der Waals surface area contributed by atoms with E-state index >= 15 is 0 Å². The van der Waals surface area contributed by atoms with Gasteiger partial charge in [0.05, 0.1) is 16.2 Å². The van der Waals surface area contributed by atoms with Gasteiger partial charge in [0.15, 0.2) is 5.78 Å². The van der Waals surface area contributed by atoms with Crippen LogP contribution in [0.15, 0.2) is 59.5 Å². The van der Waals surface area contributed by atoms with Gasteiger partial charge in [-0.2, -0.15) is 0 Å². The first-order valence-electron chi connectivity index (χ1n) is 9.40. The van der Waals surface area contributed by atoms with Crippen molar-refractivity contribution < 1.29 is 14.5 Å². The number of nitrogens with one attached hydrogen (secondary N) is 1. The Hall–Kier alpha value is -3.45. The van der Waals surface area contributed by atoms with E-state index in [1.807, 2.05) is 44.2 Å². The van der Waals surface area contributed by atoms with Gasteiger partial charge in [-0.15, -0.1) is 12.6 Å². The van der Waals surface area contributed by atoms with Crippen molar-refractivity contribution in [1.82, 2.24) is 0 Å². The van der Waals surface area contributed by atoms with Crippen molar-refractivity contribution in [2.45, 2.75) is 24.8 Å². The van der Waals surface area contributed by atoms with Crippen LogP contribution in [0.4, 0.5) is 11.4 Å². The maximum atomic E-state index is 13.6. The summed E-state index contributed by atoms with van der Waals surface area (Å²) in [6.45, 7) is 3.80. The lowest BCUT2D eigenvalue weighted by atomic mass is 9.79. The first kappa shape index (κ1) is 19.8. The van der Waals surface area contributed by atoms with Crippen LogP contribution < -0.4 is 5.32 Å². The maximum absolute atomic E-state index is 13.6. The average Bonchev–Trinajstić information content (AvgIpc) is 2.72. The smallest absolute Gasteiger partial charge is 0.281 e. The van der Waals surface area contributed by atoms with Crippen LogP contribution in [-0.2, 0) is 0 Å². The molecule has 3 aromatic carbocycles. The Morgan fingerprint density at radius 2 is 1.60 bits per heavy atom. The summed E-state index contributed by atoms with van der Waals surface area (Å²) in [5.41, 5.74) is 1.59. The van der Waals surface area contributed by atoms with Gasteiger partial charge in [-0.05, 0) is 37.1 Å². The Labute approximate surface area is 178 Å². The van der Waals surface area contributed by atoms with Crippen LogP contribution in [-0.4, -0.2) is 22.5 Å². The molecule has 4 rings (SSSR count). The Balaban J connectivity index is 2.11. The van der Waals surface area contributed by atoms with E-state index in [9.17, 15) is 19.7 Å². The third-order valence-corrected chi connectivity index (χ3v) is 5.34. The highest BCUT2D eigenvalue weighted by Crippen LogP contribution is 2.43. The van der Waals surface area contributed by atoms with Gasteiger partial charge >= 0.3 is 0 Å². The number of fused-ring (bicyclic) bond motifs is 2. The number of hydrogen-bond donors (Lipinski definition) is 2. The predicted octanol–water partition coefficient (Wildman–Crippen LogP) is 5.15. The number of nitro groups is 1. The Kier molecular flexibility index (Phi) is 4.91. The number of ketones is 2. The number of anilines is 1. The highest BCUT2D eigenvalue weighted by atomic mass is 32.1. The zero-order chi connectivity index (χ0) is 21.6. The fourth-order valence-corrected chi connectivity index (χ4v) is 4.10. The molecule has 0 spiro atoms. The SMILES string of the molecule is CC(C)Nc1c(S)cc(-c2ccccc2)c2c1C(=O)c1c(cccc1[N+](=O)[O-])C2=O. The molecule has 0 fully saturated rings. The number of thiol groups is 1. The van der Waals surface area contributed by atoms with Crippen molar-refractivity contribution in [2.24, 2.45) is 0 Å². The quantitative estimate of drug-likeness (QED) is 0.272. The van der Waals surface area contributed by atoms with E-state index in [-0.39, 0.29) is 34.0 Å². The van der Waals surface area contributed by atoms with Crippen LogP contribution in [0.3, 0.4) is 0 Å². The fourth-order valence-electron chi connectivity index (χ4n) is 3.79. The lowest BCUT2D eigenvalue weighted by Gasteiger charge is -2.25. The van der Waals surface area contributed by atoms with Crippen molar-refractivity contribution in [3.8, 4) is 11.1 Å². The molecule has 7 heteroatoms. The molecule has 0 saturated heterocycles.